The first kappa shape index (κ1) is 15.7. The van der Waals surface area contributed by atoms with Crippen molar-refractivity contribution in [3.8, 4) is 0 Å². The summed E-state index contributed by atoms with van der Waals surface area (Å²) in [4.78, 5) is 0. The molecule has 2 heteroatoms. The fraction of sp³-hybridized carbons (Fsp3) is 0.625. The molecule has 0 radical (unpaired) electrons. The monoisotopic (exact) mass is 312 g/mol. The molecule has 0 aromatic heterocycles. The van der Waals surface area contributed by atoms with Gasteiger partial charge in [0.25, 0.3) is 0 Å². The van der Waals surface area contributed by atoms with Crippen molar-refractivity contribution in [2.75, 3.05) is 18.5 Å². The summed E-state index contributed by atoms with van der Waals surface area (Å²) in [5, 5.41) is 1.11. The van der Waals surface area contributed by atoms with E-state index in [0.29, 0.717) is 5.92 Å². The summed E-state index contributed by atoms with van der Waals surface area (Å²) in [6.45, 7) is 4.13. The molecule has 18 heavy (non-hydrogen) atoms. The lowest BCUT2D eigenvalue weighted by Gasteiger charge is -2.11. The first-order valence-corrected chi connectivity index (χ1v) is 8.15. The summed E-state index contributed by atoms with van der Waals surface area (Å²) in [5.41, 5.74) is 1.44. The quantitative estimate of drug-likeness (QED) is 0.429. The third-order valence-corrected chi connectivity index (χ3v) is 3.78. The molecule has 0 fully saturated rings. The van der Waals surface area contributed by atoms with Gasteiger partial charge in [0.05, 0.1) is 0 Å². The molecule has 1 aromatic rings. The van der Waals surface area contributed by atoms with Crippen LogP contribution in [0.3, 0.4) is 0 Å². The molecule has 0 aliphatic carbocycles. The first-order chi connectivity index (χ1) is 8.84. The van der Waals surface area contributed by atoms with Gasteiger partial charge in [0, 0.05) is 18.5 Å². The highest BCUT2D eigenvalue weighted by atomic mass is 79.9. The highest BCUT2D eigenvalue weighted by Crippen LogP contribution is 2.19. The van der Waals surface area contributed by atoms with E-state index in [2.05, 4.69) is 53.2 Å². The Morgan fingerprint density at radius 3 is 2.44 bits per heavy atom. The number of ether oxygens (including phenoxy) is 1. The number of rotatable bonds is 10. The zero-order chi connectivity index (χ0) is 13.1. The standard InChI is InChI=1S/C16H25BrO/c1-15(16-10-4-2-5-11-16)9-8-14-18-13-7-3-6-12-17/h2,4-5,10-11,15H,3,6-9,12-14H2,1H3. The van der Waals surface area contributed by atoms with E-state index in [1.807, 2.05) is 0 Å². The Hall–Kier alpha value is -0.340. The zero-order valence-corrected chi connectivity index (χ0v) is 13.0. The Kier molecular flexibility index (Phi) is 9.23. The minimum Gasteiger partial charge on any atom is -0.381 e. The van der Waals surface area contributed by atoms with Gasteiger partial charge in [-0.05, 0) is 37.2 Å². The molecule has 0 bridgehead atoms. The summed E-state index contributed by atoms with van der Waals surface area (Å²) in [6.07, 6.45) is 6.10. The molecule has 1 aromatic carbocycles. The van der Waals surface area contributed by atoms with Crippen molar-refractivity contribution in [2.45, 2.75) is 44.9 Å². The number of alkyl halides is 1. The average Bonchev–Trinajstić information content (AvgIpc) is 2.42. The Morgan fingerprint density at radius 2 is 1.72 bits per heavy atom. The van der Waals surface area contributed by atoms with E-state index < -0.39 is 0 Å². The van der Waals surface area contributed by atoms with Crippen LogP contribution < -0.4 is 0 Å². The summed E-state index contributed by atoms with van der Waals surface area (Å²) in [6, 6.07) is 10.7. The van der Waals surface area contributed by atoms with Gasteiger partial charge in [0.15, 0.2) is 0 Å². The van der Waals surface area contributed by atoms with E-state index >= 15 is 0 Å². The number of benzene rings is 1. The highest BCUT2D eigenvalue weighted by molar-refractivity contribution is 9.09. The number of halogens is 1. The molecular formula is C16H25BrO. The van der Waals surface area contributed by atoms with Crippen LogP contribution in [-0.2, 0) is 4.74 Å². The summed E-state index contributed by atoms with van der Waals surface area (Å²) in [5.74, 6) is 0.642. The molecule has 102 valence electrons. The maximum absolute atomic E-state index is 5.65. The van der Waals surface area contributed by atoms with Gasteiger partial charge in [0.1, 0.15) is 0 Å². The molecule has 0 saturated heterocycles. The van der Waals surface area contributed by atoms with Crippen molar-refractivity contribution in [2.24, 2.45) is 0 Å². The Labute approximate surface area is 120 Å². The Balaban J connectivity index is 1.98. The van der Waals surface area contributed by atoms with Crippen molar-refractivity contribution in [3.63, 3.8) is 0 Å². The maximum atomic E-state index is 5.65. The zero-order valence-electron chi connectivity index (χ0n) is 11.4. The van der Waals surface area contributed by atoms with Gasteiger partial charge < -0.3 is 4.74 Å². The number of hydrogen-bond acceptors (Lipinski definition) is 1. The van der Waals surface area contributed by atoms with Gasteiger partial charge >= 0.3 is 0 Å². The van der Waals surface area contributed by atoms with Crippen molar-refractivity contribution in [3.05, 3.63) is 35.9 Å². The van der Waals surface area contributed by atoms with Crippen LogP contribution in [0.2, 0.25) is 0 Å². The van der Waals surface area contributed by atoms with Gasteiger partial charge in [-0.2, -0.15) is 0 Å². The molecule has 1 nitrogen and oxygen atoms in total. The molecule has 0 spiro atoms. The predicted molar refractivity (Wildman–Crippen MR) is 82.6 cm³/mol. The molecule has 1 atom stereocenters. The van der Waals surface area contributed by atoms with E-state index in [4.69, 9.17) is 4.74 Å². The van der Waals surface area contributed by atoms with Crippen LogP contribution in [0.25, 0.3) is 0 Å². The second-order valence-electron chi connectivity index (χ2n) is 4.82. The van der Waals surface area contributed by atoms with Crippen molar-refractivity contribution < 1.29 is 4.74 Å². The fourth-order valence-electron chi connectivity index (χ4n) is 2.02. The van der Waals surface area contributed by atoms with Gasteiger partial charge in [0.2, 0.25) is 0 Å². The van der Waals surface area contributed by atoms with Crippen LogP contribution in [0.15, 0.2) is 30.3 Å². The molecule has 0 aliphatic heterocycles. The summed E-state index contributed by atoms with van der Waals surface area (Å²) in [7, 11) is 0. The van der Waals surface area contributed by atoms with Gasteiger partial charge in [-0.1, -0.05) is 59.6 Å². The molecule has 0 saturated carbocycles. The molecule has 0 aliphatic rings. The summed E-state index contributed by atoms with van der Waals surface area (Å²) < 4.78 is 5.65. The third-order valence-electron chi connectivity index (χ3n) is 3.22. The maximum Gasteiger partial charge on any atom is 0.0466 e. The first-order valence-electron chi connectivity index (χ1n) is 7.03. The normalized spacial score (nSPS) is 12.6. The molecular weight excluding hydrogens is 288 g/mol. The van der Waals surface area contributed by atoms with Gasteiger partial charge in [-0.3, -0.25) is 0 Å². The number of unbranched alkanes of at least 4 members (excludes halogenated alkanes) is 2. The van der Waals surface area contributed by atoms with Crippen LogP contribution in [0.4, 0.5) is 0 Å². The Bertz CT molecular complexity index is 286. The van der Waals surface area contributed by atoms with E-state index in [1.54, 1.807) is 0 Å². The van der Waals surface area contributed by atoms with Crippen molar-refractivity contribution in [1.82, 2.24) is 0 Å². The molecule has 0 heterocycles. The lowest BCUT2D eigenvalue weighted by molar-refractivity contribution is 0.125. The molecule has 1 rings (SSSR count). The third kappa shape index (κ3) is 7.17. The van der Waals surface area contributed by atoms with Crippen molar-refractivity contribution >= 4 is 15.9 Å². The fourth-order valence-corrected chi connectivity index (χ4v) is 2.41. The van der Waals surface area contributed by atoms with Crippen LogP contribution in [0.5, 0.6) is 0 Å². The van der Waals surface area contributed by atoms with Crippen LogP contribution in [0, 0.1) is 0 Å². The van der Waals surface area contributed by atoms with Gasteiger partial charge in [-0.15, -0.1) is 0 Å². The van der Waals surface area contributed by atoms with Crippen molar-refractivity contribution in [1.29, 1.82) is 0 Å². The van der Waals surface area contributed by atoms with E-state index in [9.17, 15) is 0 Å². The topological polar surface area (TPSA) is 9.23 Å². The lowest BCUT2D eigenvalue weighted by atomic mass is 9.97. The Morgan fingerprint density at radius 1 is 1.00 bits per heavy atom. The lowest BCUT2D eigenvalue weighted by Crippen LogP contribution is -2.00. The van der Waals surface area contributed by atoms with Crippen LogP contribution in [-0.4, -0.2) is 18.5 Å². The van der Waals surface area contributed by atoms with Gasteiger partial charge in [-0.25, -0.2) is 0 Å². The minimum atomic E-state index is 0.642. The predicted octanol–water partition coefficient (Wildman–Crippen LogP) is 5.15. The second-order valence-corrected chi connectivity index (χ2v) is 5.61. The SMILES string of the molecule is CC(CCCOCCCCCBr)c1ccccc1. The van der Waals surface area contributed by atoms with Crippen LogP contribution >= 0.6 is 15.9 Å². The molecule has 1 unspecified atom stereocenters. The highest BCUT2D eigenvalue weighted by Gasteiger charge is 2.03. The molecule has 0 amide bonds. The average molecular weight is 313 g/mol. The van der Waals surface area contributed by atoms with E-state index in [-0.39, 0.29) is 0 Å². The second kappa shape index (κ2) is 10.6. The van der Waals surface area contributed by atoms with E-state index in [0.717, 1.165) is 25.0 Å². The minimum absolute atomic E-state index is 0.642. The summed E-state index contributed by atoms with van der Waals surface area (Å²) >= 11 is 3.44. The van der Waals surface area contributed by atoms with E-state index in [1.165, 1.54) is 31.2 Å². The number of hydrogen-bond donors (Lipinski definition) is 0. The van der Waals surface area contributed by atoms with Crippen LogP contribution in [0.1, 0.15) is 50.5 Å². The largest absolute Gasteiger partial charge is 0.381 e. The smallest absolute Gasteiger partial charge is 0.0466 e. The molecule has 0 N–H and O–H groups in total.